The molecule has 0 radical (unpaired) electrons. The number of anilines is 1. The van der Waals surface area contributed by atoms with Crippen molar-refractivity contribution in [3.05, 3.63) is 28.2 Å². The highest BCUT2D eigenvalue weighted by atomic mass is 16.1. The summed E-state index contributed by atoms with van der Waals surface area (Å²) >= 11 is 0. The van der Waals surface area contributed by atoms with E-state index in [0.29, 0.717) is 5.69 Å². The number of aromatic nitrogens is 1. The number of nitrogens with two attached hydrogens (primary N) is 1. The summed E-state index contributed by atoms with van der Waals surface area (Å²) in [4.78, 5) is 12.1. The van der Waals surface area contributed by atoms with E-state index in [9.17, 15) is 4.79 Å². The zero-order valence-electron chi connectivity index (χ0n) is 10.9. The van der Waals surface area contributed by atoms with Gasteiger partial charge in [0, 0.05) is 17.2 Å². The SMILES string of the molecule is CCC(C)n1c(C(C)(C)C)ccc(N)c1=O. The Morgan fingerprint density at radius 1 is 1.38 bits per heavy atom. The first-order chi connectivity index (χ1) is 7.29. The number of nitrogens with zero attached hydrogens (tertiary/aromatic N) is 1. The van der Waals surface area contributed by atoms with E-state index in [2.05, 4.69) is 34.6 Å². The van der Waals surface area contributed by atoms with Gasteiger partial charge in [0.1, 0.15) is 0 Å². The summed E-state index contributed by atoms with van der Waals surface area (Å²) in [5.74, 6) is 0. The minimum atomic E-state index is -0.0678. The molecule has 2 N–H and O–H groups in total. The fourth-order valence-electron chi connectivity index (χ4n) is 1.80. The van der Waals surface area contributed by atoms with Crippen molar-refractivity contribution in [1.29, 1.82) is 0 Å². The Morgan fingerprint density at radius 2 is 1.94 bits per heavy atom. The van der Waals surface area contributed by atoms with Gasteiger partial charge in [-0.25, -0.2) is 0 Å². The number of hydrogen-bond acceptors (Lipinski definition) is 2. The van der Waals surface area contributed by atoms with Crippen molar-refractivity contribution in [2.45, 2.75) is 52.5 Å². The van der Waals surface area contributed by atoms with Gasteiger partial charge >= 0.3 is 0 Å². The first-order valence-electron chi connectivity index (χ1n) is 5.80. The number of rotatable bonds is 2. The van der Waals surface area contributed by atoms with Gasteiger partial charge in [-0.2, -0.15) is 0 Å². The lowest BCUT2D eigenvalue weighted by molar-refractivity contribution is 0.439. The molecule has 1 aromatic heterocycles. The van der Waals surface area contributed by atoms with Crippen LogP contribution in [0.2, 0.25) is 0 Å². The van der Waals surface area contributed by atoms with Gasteiger partial charge in [0.15, 0.2) is 0 Å². The molecule has 3 heteroatoms. The molecule has 90 valence electrons. The van der Waals surface area contributed by atoms with Crippen molar-refractivity contribution < 1.29 is 0 Å². The summed E-state index contributed by atoms with van der Waals surface area (Å²) < 4.78 is 1.83. The highest BCUT2D eigenvalue weighted by molar-refractivity contribution is 5.37. The molecule has 3 nitrogen and oxygen atoms in total. The first kappa shape index (κ1) is 12.8. The molecule has 0 bridgehead atoms. The van der Waals surface area contributed by atoms with Crippen molar-refractivity contribution >= 4 is 5.69 Å². The Hall–Kier alpha value is -1.25. The fourth-order valence-corrected chi connectivity index (χ4v) is 1.80. The van der Waals surface area contributed by atoms with Crippen LogP contribution in [-0.2, 0) is 5.41 Å². The molecule has 0 spiro atoms. The highest BCUT2D eigenvalue weighted by Crippen LogP contribution is 2.24. The van der Waals surface area contributed by atoms with Gasteiger partial charge in [0.2, 0.25) is 0 Å². The van der Waals surface area contributed by atoms with Crippen LogP contribution in [0.3, 0.4) is 0 Å². The average molecular weight is 222 g/mol. The largest absolute Gasteiger partial charge is 0.394 e. The molecule has 0 aliphatic heterocycles. The van der Waals surface area contributed by atoms with Crippen LogP contribution in [0.1, 0.15) is 52.8 Å². The van der Waals surface area contributed by atoms with Crippen molar-refractivity contribution in [2.24, 2.45) is 0 Å². The molecule has 1 unspecified atom stereocenters. The van der Waals surface area contributed by atoms with Gasteiger partial charge in [0.25, 0.3) is 5.56 Å². The predicted molar refractivity (Wildman–Crippen MR) is 68.8 cm³/mol. The molecule has 1 atom stereocenters. The molecular formula is C13H22N2O. The molecule has 0 saturated heterocycles. The predicted octanol–water partition coefficient (Wildman–Crippen LogP) is 2.70. The molecule has 1 rings (SSSR count). The molecule has 16 heavy (non-hydrogen) atoms. The second kappa shape index (κ2) is 4.32. The summed E-state index contributed by atoms with van der Waals surface area (Å²) in [6.45, 7) is 10.5. The average Bonchev–Trinajstić information content (AvgIpc) is 2.19. The number of pyridine rings is 1. The van der Waals surface area contributed by atoms with Crippen LogP contribution in [0.5, 0.6) is 0 Å². The summed E-state index contributed by atoms with van der Waals surface area (Å²) in [7, 11) is 0. The lowest BCUT2D eigenvalue weighted by atomic mass is 9.90. The molecule has 1 aromatic rings. The van der Waals surface area contributed by atoms with E-state index >= 15 is 0 Å². The molecule has 0 aliphatic rings. The van der Waals surface area contributed by atoms with Gasteiger partial charge < -0.3 is 10.3 Å². The monoisotopic (exact) mass is 222 g/mol. The van der Waals surface area contributed by atoms with Gasteiger partial charge in [-0.05, 0) is 25.5 Å². The molecule has 0 saturated carbocycles. The third kappa shape index (κ3) is 2.29. The highest BCUT2D eigenvalue weighted by Gasteiger charge is 2.21. The molecular weight excluding hydrogens is 200 g/mol. The second-order valence-electron chi connectivity index (χ2n) is 5.36. The van der Waals surface area contributed by atoms with E-state index in [1.54, 1.807) is 6.07 Å². The van der Waals surface area contributed by atoms with Crippen molar-refractivity contribution in [3.8, 4) is 0 Å². The van der Waals surface area contributed by atoms with Crippen molar-refractivity contribution in [2.75, 3.05) is 5.73 Å². The van der Waals surface area contributed by atoms with Crippen LogP contribution in [0.4, 0.5) is 5.69 Å². The summed E-state index contributed by atoms with van der Waals surface area (Å²) in [6, 6.07) is 3.86. The minimum Gasteiger partial charge on any atom is -0.394 e. The van der Waals surface area contributed by atoms with E-state index in [1.807, 2.05) is 10.6 Å². The third-order valence-corrected chi connectivity index (χ3v) is 2.95. The first-order valence-corrected chi connectivity index (χ1v) is 5.80. The van der Waals surface area contributed by atoms with Crippen LogP contribution in [0.25, 0.3) is 0 Å². The van der Waals surface area contributed by atoms with E-state index in [1.165, 1.54) is 0 Å². The lowest BCUT2D eigenvalue weighted by Gasteiger charge is -2.27. The van der Waals surface area contributed by atoms with E-state index < -0.39 is 0 Å². The number of nitrogen functional groups attached to an aromatic ring is 1. The topological polar surface area (TPSA) is 48.0 Å². The smallest absolute Gasteiger partial charge is 0.274 e. The van der Waals surface area contributed by atoms with Crippen LogP contribution in [-0.4, -0.2) is 4.57 Å². The maximum absolute atomic E-state index is 12.1. The van der Waals surface area contributed by atoms with Crippen molar-refractivity contribution in [3.63, 3.8) is 0 Å². The zero-order chi connectivity index (χ0) is 12.5. The zero-order valence-corrected chi connectivity index (χ0v) is 10.9. The van der Waals surface area contributed by atoms with E-state index in [4.69, 9.17) is 5.73 Å². The molecule has 0 fully saturated rings. The summed E-state index contributed by atoms with van der Waals surface area (Å²) in [6.07, 6.45) is 0.923. The fraction of sp³-hybridized carbons (Fsp3) is 0.615. The van der Waals surface area contributed by atoms with Crippen LogP contribution >= 0.6 is 0 Å². The third-order valence-electron chi connectivity index (χ3n) is 2.95. The Bertz CT molecular complexity index is 427. The Balaban J connectivity index is 3.52. The standard InChI is InChI=1S/C13H22N2O/c1-6-9(2)15-11(13(3,4)5)8-7-10(14)12(15)16/h7-9H,6,14H2,1-5H3. The normalized spacial score (nSPS) is 13.8. The lowest BCUT2D eigenvalue weighted by Crippen LogP contribution is -2.32. The molecule has 0 amide bonds. The summed E-state index contributed by atoms with van der Waals surface area (Å²) in [5, 5.41) is 0. The van der Waals surface area contributed by atoms with Gasteiger partial charge in [-0.3, -0.25) is 4.79 Å². The van der Waals surface area contributed by atoms with Gasteiger partial charge in [-0.1, -0.05) is 27.7 Å². The van der Waals surface area contributed by atoms with Gasteiger partial charge in [0.05, 0.1) is 5.69 Å². The minimum absolute atomic E-state index is 0.0453. The summed E-state index contributed by atoms with van der Waals surface area (Å²) in [5.41, 5.74) is 6.95. The maximum Gasteiger partial charge on any atom is 0.274 e. The maximum atomic E-state index is 12.1. The molecule has 0 aliphatic carbocycles. The van der Waals surface area contributed by atoms with Crippen LogP contribution in [0.15, 0.2) is 16.9 Å². The molecule has 1 heterocycles. The quantitative estimate of drug-likeness (QED) is 0.836. The Morgan fingerprint density at radius 3 is 2.38 bits per heavy atom. The van der Waals surface area contributed by atoms with Gasteiger partial charge in [-0.15, -0.1) is 0 Å². The van der Waals surface area contributed by atoms with Crippen LogP contribution in [0, 0.1) is 0 Å². The Kier molecular flexibility index (Phi) is 3.46. The van der Waals surface area contributed by atoms with E-state index in [0.717, 1.165) is 12.1 Å². The number of hydrogen-bond donors (Lipinski definition) is 1. The van der Waals surface area contributed by atoms with Crippen LogP contribution < -0.4 is 11.3 Å². The van der Waals surface area contributed by atoms with E-state index in [-0.39, 0.29) is 17.0 Å². The van der Waals surface area contributed by atoms with Crippen molar-refractivity contribution in [1.82, 2.24) is 4.57 Å². The Labute approximate surface area is 97.3 Å². The second-order valence-corrected chi connectivity index (χ2v) is 5.36. The molecule has 0 aromatic carbocycles.